The SMILES string of the molecule is CC1CCCC2(C)C(CC1)CCC1C3CCC(C)C3(C)CCC12. The summed E-state index contributed by atoms with van der Waals surface area (Å²) >= 11 is 0. The maximum absolute atomic E-state index is 2.74. The van der Waals surface area contributed by atoms with Crippen molar-refractivity contribution in [2.75, 3.05) is 0 Å². The second-order valence-electron chi connectivity index (χ2n) is 10.8. The van der Waals surface area contributed by atoms with E-state index >= 15 is 0 Å². The highest BCUT2D eigenvalue weighted by molar-refractivity contribution is 5.07. The summed E-state index contributed by atoms with van der Waals surface area (Å²) in [7, 11) is 0. The molecule has 0 aromatic rings. The first-order valence-corrected chi connectivity index (χ1v) is 10.9. The van der Waals surface area contributed by atoms with Gasteiger partial charge >= 0.3 is 0 Å². The van der Waals surface area contributed by atoms with Crippen molar-refractivity contribution in [3.05, 3.63) is 0 Å². The Morgan fingerprint density at radius 3 is 2.22 bits per heavy atom. The van der Waals surface area contributed by atoms with Gasteiger partial charge in [-0.15, -0.1) is 0 Å². The van der Waals surface area contributed by atoms with Crippen LogP contribution in [-0.4, -0.2) is 0 Å². The van der Waals surface area contributed by atoms with Crippen molar-refractivity contribution in [1.29, 1.82) is 0 Å². The first-order valence-electron chi connectivity index (χ1n) is 10.9. The summed E-state index contributed by atoms with van der Waals surface area (Å²) in [4.78, 5) is 0. The zero-order valence-corrected chi connectivity index (χ0v) is 16.2. The lowest BCUT2D eigenvalue weighted by atomic mass is 9.45. The van der Waals surface area contributed by atoms with Crippen LogP contribution in [-0.2, 0) is 0 Å². The Balaban J connectivity index is 1.60. The van der Waals surface area contributed by atoms with Crippen molar-refractivity contribution in [1.82, 2.24) is 0 Å². The van der Waals surface area contributed by atoms with Crippen LogP contribution in [0.5, 0.6) is 0 Å². The highest BCUT2D eigenvalue weighted by Crippen LogP contribution is 2.66. The first kappa shape index (κ1) is 16.5. The van der Waals surface area contributed by atoms with Crippen molar-refractivity contribution in [3.8, 4) is 0 Å². The van der Waals surface area contributed by atoms with E-state index in [0.29, 0.717) is 10.8 Å². The van der Waals surface area contributed by atoms with E-state index in [1.54, 1.807) is 44.9 Å². The average molecular weight is 317 g/mol. The molecular weight excluding hydrogens is 276 g/mol. The van der Waals surface area contributed by atoms with Gasteiger partial charge in [0, 0.05) is 0 Å². The Morgan fingerprint density at radius 1 is 0.652 bits per heavy atom. The zero-order chi connectivity index (χ0) is 16.2. The molecule has 4 saturated carbocycles. The van der Waals surface area contributed by atoms with Crippen LogP contribution in [0.2, 0.25) is 0 Å². The van der Waals surface area contributed by atoms with E-state index in [0.717, 1.165) is 35.5 Å². The molecule has 8 unspecified atom stereocenters. The summed E-state index contributed by atoms with van der Waals surface area (Å²) in [6.45, 7) is 10.5. The third kappa shape index (κ3) is 2.44. The fourth-order valence-corrected chi connectivity index (χ4v) is 8.12. The summed E-state index contributed by atoms with van der Waals surface area (Å²) in [5, 5.41) is 0. The highest BCUT2D eigenvalue weighted by atomic mass is 14.6. The van der Waals surface area contributed by atoms with Crippen LogP contribution in [0.3, 0.4) is 0 Å². The minimum absolute atomic E-state index is 0.691. The molecule has 0 aliphatic heterocycles. The molecule has 0 heteroatoms. The minimum atomic E-state index is 0.691. The number of hydrogen-bond acceptors (Lipinski definition) is 0. The lowest BCUT2D eigenvalue weighted by molar-refractivity contribution is -0.104. The van der Waals surface area contributed by atoms with Gasteiger partial charge in [0.15, 0.2) is 0 Å². The quantitative estimate of drug-likeness (QED) is 0.448. The molecule has 23 heavy (non-hydrogen) atoms. The van der Waals surface area contributed by atoms with Gasteiger partial charge in [0.25, 0.3) is 0 Å². The fourth-order valence-electron chi connectivity index (χ4n) is 8.12. The van der Waals surface area contributed by atoms with E-state index in [1.165, 1.54) is 25.7 Å². The molecule has 0 nitrogen and oxygen atoms in total. The normalized spacial score (nSPS) is 56.9. The third-order valence-corrected chi connectivity index (χ3v) is 9.96. The van der Waals surface area contributed by atoms with E-state index in [-0.39, 0.29) is 0 Å². The van der Waals surface area contributed by atoms with Crippen LogP contribution in [0, 0.1) is 46.3 Å². The first-order chi connectivity index (χ1) is 10.9. The standard InChI is InChI=1S/C23H40/c1-16-6-5-14-23(4)18(9-7-16)10-11-19-20-12-8-17(2)22(20,3)15-13-21(19)23/h16-21H,5-15H2,1-4H3. The topological polar surface area (TPSA) is 0 Å². The summed E-state index contributed by atoms with van der Waals surface area (Å²) in [5.74, 6) is 6.24. The monoisotopic (exact) mass is 316 g/mol. The van der Waals surface area contributed by atoms with Crippen LogP contribution in [0.1, 0.15) is 98.3 Å². The Hall–Kier alpha value is 0. The summed E-state index contributed by atoms with van der Waals surface area (Å²) < 4.78 is 0. The molecule has 0 saturated heterocycles. The molecule has 0 heterocycles. The molecule has 0 aromatic carbocycles. The Kier molecular flexibility index (Phi) is 4.13. The lowest BCUT2D eigenvalue weighted by Gasteiger charge is -2.60. The summed E-state index contributed by atoms with van der Waals surface area (Å²) in [6, 6.07) is 0. The van der Waals surface area contributed by atoms with E-state index in [4.69, 9.17) is 0 Å². The second-order valence-corrected chi connectivity index (χ2v) is 10.8. The van der Waals surface area contributed by atoms with Crippen LogP contribution in [0.25, 0.3) is 0 Å². The van der Waals surface area contributed by atoms with E-state index in [2.05, 4.69) is 27.7 Å². The Morgan fingerprint density at radius 2 is 1.39 bits per heavy atom. The van der Waals surface area contributed by atoms with Gasteiger partial charge in [-0.05, 0) is 97.7 Å². The third-order valence-electron chi connectivity index (χ3n) is 9.96. The molecule has 0 radical (unpaired) electrons. The largest absolute Gasteiger partial charge is 0.0625 e. The molecule has 0 amide bonds. The number of hydrogen-bond donors (Lipinski definition) is 0. The molecule has 0 spiro atoms. The average Bonchev–Trinajstić information content (AvgIpc) is 2.81. The van der Waals surface area contributed by atoms with Gasteiger partial charge < -0.3 is 0 Å². The predicted octanol–water partition coefficient (Wildman–Crippen LogP) is 7.08. The van der Waals surface area contributed by atoms with Crippen LogP contribution in [0.4, 0.5) is 0 Å². The maximum atomic E-state index is 2.74. The molecule has 0 N–H and O–H groups in total. The van der Waals surface area contributed by atoms with E-state index < -0.39 is 0 Å². The van der Waals surface area contributed by atoms with Gasteiger partial charge in [-0.3, -0.25) is 0 Å². The van der Waals surface area contributed by atoms with E-state index in [1.807, 2.05) is 0 Å². The van der Waals surface area contributed by atoms with Gasteiger partial charge in [-0.1, -0.05) is 47.0 Å². The van der Waals surface area contributed by atoms with Crippen LogP contribution < -0.4 is 0 Å². The molecule has 8 atom stereocenters. The van der Waals surface area contributed by atoms with Gasteiger partial charge in [0.1, 0.15) is 0 Å². The predicted molar refractivity (Wildman–Crippen MR) is 99.3 cm³/mol. The molecule has 4 aliphatic carbocycles. The smallest absolute Gasteiger partial charge is 0.0266 e. The molecule has 4 rings (SSSR count). The Bertz CT molecular complexity index is 439. The summed E-state index contributed by atoms with van der Waals surface area (Å²) in [5.41, 5.74) is 1.39. The molecule has 4 aliphatic rings. The van der Waals surface area contributed by atoms with Gasteiger partial charge in [0.05, 0.1) is 0 Å². The van der Waals surface area contributed by atoms with Crippen LogP contribution >= 0.6 is 0 Å². The van der Waals surface area contributed by atoms with Gasteiger partial charge in [-0.25, -0.2) is 0 Å². The molecule has 0 aromatic heterocycles. The maximum Gasteiger partial charge on any atom is -0.0266 e. The van der Waals surface area contributed by atoms with Gasteiger partial charge in [-0.2, -0.15) is 0 Å². The Labute approximate surface area is 145 Å². The van der Waals surface area contributed by atoms with Crippen molar-refractivity contribution in [2.45, 2.75) is 98.3 Å². The minimum Gasteiger partial charge on any atom is -0.0625 e. The van der Waals surface area contributed by atoms with Crippen LogP contribution in [0.15, 0.2) is 0 Å². The molecular formula is C23H40. The second kappa shape index (κ2) is 5.77. The van der Waals surface area contributed by atoms with Crippen molar-refractivity contribution in [2.24, 2.45) is 46.3 Å². The highest BCUT2D eigenvalue weighted by Gasteiger charge is 2.58. The zero-order valence-electron chi connectivity index (χ0n) is 16.2. The number of fused-ring (bicyclic) bond motifs is 5. The van der Waals surface area contributed by atoms with Crippen molar-refractivity contribution < 1.29 is 0 Å². The molecule has 132 valence electrons. The van der Waals surface area contributed by atoms with Gasteiger partial charge in [0.2, 0.25) is 0 Å². The molecule has 4 fully saturated rings. The van der Waals surface area contributed by atoms with Crippen molar-refractivity contribution >= 4 is 0 Å². The lowest BCUT2D eigenvalue weighted by Crippen LogP contribution is -2.52. The number of rotatable bonds is 0. The van der Waals surface area contributed by atoms with E-state index in [9.17, 15) is 0 Å². The molecule has 0 bridgehead atoms. The fraction of sp³-hybridized carbons (Fsp3) is 1.00. The summed E-state index contributed by atoms with van der Waals surface area (Å²) in [6.07, 6.45) is 16.9. The van der Waals surface area contributed by atoms with Crippen molar-refractivity contribution in [3.63, 3.8) is 0 Å².